The van der Waals surface area contributed by atoms with Crippen molar-refractivity contribution >= 4 is 17.3 Å². The minimum Gasteiger partial charge on any atom is -0.480 e. The summed E-state index contributed by atoms with van der Waals surface area (Å²) in [6.07, 6.45) is 0. The zero-order valence-corrected chi connectivity index (χ0v) is 10.8. The van der Waals surface area contributed by atoms with Crippen molar-refractivity contribution in [1.29, 1.82) is 0 Å². The van der Waals surface area contributed by atoms with Crippen LogP contribution in [0.1, 0.15) is 23.3 Å². The highest BCUT2D eigenvalue weighted by Gasteiger charge is 2.26. The van der Waals surface area contributed by atoms with Crippen molar-refractivity contribution in [1.82, 2.24) is 15.0 Å². The third kappa shape index (κ3) is 2.74. The minimum absolute atomic E-state index is 0.299. The largest absolute Gasteiger partial charge is 0.480 e. The van der Waals surface area contributed by atoms with Crippen LogP contribution in [-0.4, -0.2) is 33.2 Å². The highest BCUT2D eigenvalue weighted by atomic mass is 32.1. The van der Waals surface area contributed by atoms with Gasteiger partial charge < -0.3 is 9.63 Å². The molecule has 6 nitrogen and oxygen atoms in total. The van der Waals surface area contributed by atoms with E-state index in [0.29, 0.717) is 18.3 Å². The number of nitrogens with zero attached hydrogens (tertiary/aromatic N) is 3. The van der Waals surface area contributed by atoms with Gasteiger partial charge in [0.05, 0.1) is 6.54 Å². The summed E-state index contributed by atoms with van der Waals surface area (Å²) in [5.74, 6) is 0.0597. The summed E-state index contributed by atoms with van der Waals surface area (Å²) in [6, 6.07) is 1.10. The van der Waals surface area contributed by atoms with E-state index in [4.69, 9.17) is 4.52 Å². The van der Waals surface area contributed by atoms with Crippen LogP contribution in [0.25, 0.3) is 0 Å². The summed E-state index contributed by atoms with van der Waals surface area (Å²) in [7, 11) is 1.72. The van der Waals surface area contributed by atoms with Crippen molar-refractivity contribution in [2.45, 2.75) is 19.5 Å². The van der Waals surface area contributed by atoms with E-state index in [-0.39, 0.29) is 0 Å². The van der Waals surface area contributed by atoms with Gasteiger partial charge in [-0.15, -0.1) is 0 Å². The summed E-state index contributed by atoms with van der Waals surface area (Å²) in [4.78, 5) is 17.1. The van der Waals surface area contributed by atoms with Gasteiger partial charge >= 0.3 is 5.97 Å². The number of aryl methyl sites for hydroxylation is 1. The molecule has 2 aromatic rings. The Morgan fingerprint density at radius 3 is 2.94 bits per heavy atom. The standard InChI is InChI=1S/C11H13N3O3S/c1-7-12-9(17-13-7)5-14(2)10(11(15)16)8-3-4-18-6-8/h3-4,6,10H,5H2,1-2H3,(H,15,16). The van der Waals surface area contributed by atoms with Gasteiger partial charge in [0.25, 0.3) is 0 Å². The SMILES string of the molecule is Cc1noc(CN(C)C(C(=O)O)c2ccsc2)n1. The van der Waals surface area contributed by atoms with Crippen LogP contribution in [0.3, 0.4) is 0 Å². The fraction of sp³-hybridized carbons (Fsp3) is 0.364. The smallest absolute Gasteiger partial charge is 0.325 e. The monoisotopic (exact) mass is 267 g/mol. The number of likely N-dealkylation sites (N-methyl/N-ethyl adjacent to an activating group) is 1. The van der Waals surface area contributed by atoms with Crippen LogP contribution in [0.15, 0.2) is 21.3 Å². The van der Waals surface area contributed by atoms with Crippen molar-refractivity contribution in [3.8, 4) is 0 Å². The molecule has 1 unspecified atom stereocenters. The zero-order chi connectivity index (χ0) is 13.1. The molecule has 0 fully saturated rings. The Morgan fingerprint density at radius 2 is 2.44 bits per heavy atom. The molecule has 0 aliphatic heterocycles. The number of aromatic nitrogens is 2. The third-order valence-corrected chi connectivity index (χ3v) is 3.19. The van der Waals surface area contributed by atoms with Gasteiger partial charge in [0.1, 0.15) is 6.04 Å². The molecular formula is C11H13N3O3S. The van der Waals surface area contributed by atoms with E-state index in [1.165, 1.54) is 11.3 Å². The van der Waals surface area contributed by atoms with Crippen LogP contribution in [0.2, 0.25) is 0 Å². The molecule has 96 valence electrons. The van der Waals surface area contributed by atoms with E-state index in [0.717, 1.165) is 5.56 Å². The molecule has 0 aliphatic carbocycles. The lowest BCUT2D eigenvalue weighted by molar-refractivity contribution is -0.143. The normalized spacial score (nSPS) is 12.8. The quantitative estimate of drug-likeness (QED) is 0.888. The predicted molar refractivity (Wildman–Crippen MR) is 65.2 cm³/mol. The number of rotatable bonds is 5. The van der Waals surface area contributed by atoms with E-state index in [1.54, 1.807) is 24.9 Å². The Hall–Kier alpha value is -1.73. The van der Waals surface area contributed by atoms with Crippen molar-refractivity contribution in [3.63, 3.8) is 0 Å². The van der Waals surface area contributed by atoms with Gasteiger partial charge in [0, 0.05) is 0 Å². The predicted octanol–water partition coefficient (Wildman–Crippen LogP) is 1.70. The van der Waals surface area contributed by atoms with Crippen molar-refractivity contribution < 1.29 is 14.4 Å². The summed E-state index contributed by atoms with van der Waals surface area (Å²) in [6.45, 7) is 2.02. The van der Waals surface area contributed by atoms with Crippen molar-refractivity contribution in [2.75, 3.05) is 7.05 Å². The van der Waals surface area contributed by atoms with Crippen LogP contribution in [-0.2, 0) is 11.3 Å². The average Bonchev–Trinajstić information content (AvgIpc) is 2.90. The maximum absolute atomic E-state index is 11.3. The molecule has 0 amide bonds. The highest BCUT2D eigenvalue weighted by molar-refractivity contribution is 7.08. The zero-order valence-electron chi connectivity index (χ0n) is 10.0. The lowest BCUT2D eigenvalue weighted by atomic mass is 10.1. The van der Waals surface area contributed by atoms with Gasteiger partial charge in [-0.25, -0.2) is 0 Å². The highest BCUT2D eigenvalue weighted by Crippen LogP contribution is 2.23. The lowest BCUT2D eigenvalue weighted by Gasteiger charge is -2.22. The van der Waals surface area contributed by atoms with E-state index >= 15 is 0 Å². The molecule has 0 radical (unpaired) electrons. The number of carboxylic acid groups (broad SMARTS) is 1. The summed E-state index contributed by atoms with van der Waals surface area (Å²) >= 11 is 1.47. The van der Waals surface area contributed by atoms with Crippen molar-refractivity contribution in [2.24, 2.45) is 0 Å². The number of aliphatic carboxylic acids is 1. The first-order valence-electron chi connectivity index (χ1n) is 5.32. The molecule has 2 rings (SSSR count). The molecule has 1 N–H and O–H groups in total. The molecule has 7 heteroatoms. The minimum atomic E-state index is -0.896. The van der Waals surface area contributed by atoms with E-state index < -0.39 is 12.0 Å². The maximum Gasteiger partial charge on any atom is 0.325 e. The molecule has 2 heterocycles. The Bertz CT molecular complexity index is 523. The number of hydrogen-bond acceptors (Lipinski definition) is 6. The molecule has 2 aromatic heterocycles. The van der Waals surface area contributed by atoms with Gasteiger partial charge in [-0.2, -0.15) is 16.3 Å². The molecule has 0 bridgehead atoms. The first kappa shape index (κ1) is 12.7. The second-order valence-corrected chi connectivity index (χ2v) is 4.73. The number of carbonyl (C=O) groups is 1. The third-order valence-electron chi connectivity index (χ3n) is 2.49. The topological polar surface area (TPSA) is 79.5 Å². The van der Waals surface area contributed by atoms with Gasteiger partial charge in [-0.05, 0) is 36.4 Å². The molecule has 0 spiro atoms. The second-order valence-electron chi connectivity index (χ2n) is 3.95. The van der Waals surface area contributed by atoms with Gasteiger partial charge in [-0.3, -0.25) is 9.69 Å². The Balaban J connectivity index is 2.14. The fourth-order valence-electron chi connectivity index (χ4n) is 1.73. The number of thiophene rings is 1. The molecule has 0 saturated carbocycles. The van der Waals surface area contributed by atoms with Gasteiger partial charge in [0.2, 0.25) is 5.89 Å². The van der Waals surface area contributed by atoms with E-state index in [9.17, 15) is 9.90 Å². The second kappa shape index (κ2) is 5.28. The molecule has 0 saturated heterocycles. The van der Waals surface area contributed by atoms with Crippen LogP contribution < -0.4 is 0 Å². The fourth-order valence-corrected chi connectivity index (χ4v) is 2.40. The van der Waals surface area contributed by atoms with Crippen LogP contribution in [0.5, 0.6) is 0 Å². The summed E-state index contributed by atoms with van der Waals surface area (Å²) in [5, 5.41) is 16.7. The number of carboxylic acids is 1. The molecule has 0 aliphatic rings. The summed E-state index contributed by atoms with van der Waals surface area (Å²) in [5.41, 5.74) is 0.756. The first-order chi connectivity index (χ1) is 8.58. The molecule has 1 atom stereocenters. The van der Waals surface area contributed by atoms with E-state index in [2.05, 4.69) is 10.1 Å². The molecule has 0 aromatic carbocycles. The van der Waals surface area contributed by atoms with E-state index in [1.807, 2.05) is 10.8 Å². The number of hydrogen-bond donors (Lipinski definition) is 1. The lowest BCUT2D eigenvalue weighted by Crippen LogP contribution is -2.30. The van der Waals surface area contributed by atoms with Gasteiger partial charge in [-0.1, -0.05) is 5.16 Å². The Morgan fingerprint density at radius 1 is 1.67 bits per heavy atom. The van der Waals surface area contributed by atoms with Gasteiger partial charge in [0.15, 0.2) is 5.82 Å². The first-order valence-corrected chi connectivity index (χ1v) is 6.26. The Labute approximate surface area is 108 Å². The van der Waals surface area contributed by atoms with Crippen LogP contribution >= 0.6 is 11.3 Å². The summed E-state index contributed by atoms with van der Waals surface area (Å²) < 4.78 is 4.99. The van der Waals surface area contributed by atoms with Crippen molar-refractivity contribution in [3.05, 3.63) is 34.1 Å². The Kier molecular flexibility index (Phi) is 3.73. The average molecular weight is 267 g/mol. The van der Waals surface area contributed by atoms with Crippen LogP contribution in [0, 0.1) is 6.92 Å². The maximum atomic E-state index is 11.3. The van der Waals surface area contributed by atoms with Crippen LogP contribution in [0.4, 0.5) is 0 Å². The molecular weight excluding hydrogens is 254 g/mol. The molecule has 18 heavy (non-hydrogen) atoms.